The number of carbonyl (C=O) groups excluding carboxylic acids is 1. The lowest BCUT2D eigenvalue weighted by atomic mass is 10.1. The van der Waals surface area contributed by atoms with Gasteiger partial charge in [-0.15, -0.1) is 0 Å². The molecule has 5 nitrogen and oxygen atoms in total. The summed E-state index contributed by atoms with van der Waals surface area (Å²) in [7, 11) is 0. The maximum atomic E-state index is 12.1. The number of rotatable bonds is 12. The van der Waals surface area contributed by atoms with Gasteiger partial charge in [-0.2, -0.15) is 0 Å². The van der Waals surface area contributed by atoms with Crippen molar-refractivity contribution in [2.75, 3.05) is 18.5 Å². The standard InChI is InChI=1S/C27H34N2O3/c1-20-14-16-23(17-15-20)29-27(31)13-6-3-8-21(2)28-18-24(30)19-32-26-12-7-10-22-9-4-5-11-25(22)26/h4-5,7,9-12,14-17,21,24,28,30H,3,6,8,13,18-19H2,1-2H3,(H,29,31)/t21-,24+/m1/s1. The van der Waals surface area contributed by atoms with E-state index in [2.05, 4.69) is 17.6 Å². The van der Waals surface area contributed by atoms with Crippen LogP contribution in [-0.4, -0.2) is 36.3 Å². The third-order valence-corrected chi connectivity index (χ3v) is 5.51. The molecule has 0 aliphatic rings. The summed E-state index contributed by atoms with van der Waals surface area (Å²) < 4.78 is 5.86. The Labute approximate surface area is 190 Å². The van der Waals surface area contributed by atoms with Gasteiger partial charge in [-0.3, -0.25) is 4.79 Å². The predicted molar refractivity (Wildman–Crippen MR) is 131 cm³/mol. The van der Waals surface area contributed by atoms with E-state index in [0.717, 1.165) is 41.5 Å². The number of anilines is 1. The van der Waals surface area contributed by atoms with Crippen molar-refractivity contribution in [2.45, 2.75) is 51.7 Å². The van der Waals surface area contributed by atoms with Crippen molar-refractivity contribution in [1.29, 1.82) is 0 Å². The summed E-state index contributed by atoms with van der Waals surface area (Å²) in [6, 6.07) is 22.1. The Morgan fingerprint density at radius 2 is 1.75 bits per heavy atom. The van der Waals surface area contributed by atoms with Crippen LogP contribution in [0.1, 0.15) is 38.2 Å². The lowest BCUT2D eigenvalue weighted by molar-refractivity contribution is -0.116. The van der Waals surface area contributed by atoms with Gasteiger partial charge in [-0.1, -0.05) is 60.5 Å². The molecular weight excluding hydrogens is 400 g/mol. The minimum atomic E-state index is -0.586. The predicted octanol–water partition coefficient (Wildman–Crippen LogP) is 5.07. The van der Waals surface area contributed by atoms with Crippen molar-refractivity contribution in [1.82, 2.24) is 5.32 Å². The molecular formula is C27H34N2O3. The van der Waals surface area contributed by atoms with E-state index in [1.807, 2.05) is 73.7 Å². The molecule has 0 saturated carbocycles. The highest BCUT2D eigenvalue weighted by Gasteiger charge is 2.10. The second kappa shape index (κ2) is 12.2. The number of aryl methyl sites for hydroxylation is 1. The normalized spacial score (nSPS) is 13.0. The zero-order valence-corrected chi connectivity index (χ0v) is 19.0. The summed E-state index contributed by atoms with van der Waals surface area (Å²) in [6.07, 6.45) is 2.68. The van der Waals surface area contributed by atoms with E-state index in [4.69, 9.17) is 4.74 Å². The molecule has 170 valence electrons. The SMILES string of the molecule is Cc1ccc(NC(=O)CCCC[C@@H](C)NC[C@H](O)COc2cccc3ccccc23)cc1. The van der Waals surface area contributed by atoms with Crippen molar-refractivity contribution in [3.05, 3.63) is 72.3 Å². The molecule has 0 fully saturated rings. The number of amides is 1. The van der Waals surface area contributed by atoms with Gasteiger partial charge in [-0.25, -0.2) is 0 Å². The fourth-order valence-corrected chi connectivity index (χ4v) is 3.60. The number of aliphatic hydroxyl groups is 1. The summed E-state index contributed by atoms with van der Waals surface area (Å²) in [6.45, 7) is 4.84. The molecule has 5 heteroatoms. The number of carbonyl (C=O) groups is 1. The molecule has 0 radical (unpaired) electrons. The highest BCUT2D eigenvalue weighted by Crippen LogP contribution is 2.25. The largest absolute Gasteiger partial charge is 0.490 e. The minimum absolute atomic E-state index is 0.0514. The number of ether oxygens (including phenoxy) is 1. The number of hydrogen-bond acceptors (Lipinski definition) is 4. The maximum absolute atomic E-state index is 12.1. The van der Waals surface area contributed by atoms with Crippen molar-refractivity contribution in [3.8, 4) is 5.75 Å². The number of benzene rings is 3. The highest BCUT2D eigenvalue weighted by atomic mass is 16.5. The van der Waals surface area contributed by atoms with Gasteiger partial charge in [0.25, 0.3) is 0 Å². The average Bonchev–Trinajstić information content (AvgIpc) is 2.80. The number of unbranched alkanes of at least 4 members (excludes halogenated alkanes) is 1. The third kappa shape index (κ3) is 7.66. The Balaban J connectivity index is 1.28. The van der Waals surface area contributed by atoms with Gasteiger partial charge in [-0.05, 0) is 50.3 Å². The zero-order valence-electron chi connectivity index (χ0n) is 19.0. The molecule has 0 aliphatic carbocycles. The minimum Gasteiger partial charge on any atom is -0.490 e. The van der Waals surface area contributed by atoms with Crippen LogP contribution in [0.2, 0.25) is 0 Å². The van der Waals surface area contributed by atoms with Crippen LogP contribution in [0, 0.1) is 6.92 Å². The topological polar surface area (TPSA) is 70.6 Å². The summed E-state index contributed by atoms with van der Waals surface area (Å²) in [5, 5.41) is 18.8. The van der Waals surface area contributed by atoms with Crippen LogP contribution < -0.4 is 15.4 Å². The molecule has 2 atom stereocenters. The molecule has 0 unspecified atom stereocenters. The monoisotopic (exact) mass is 434 g/mol. The summed E-state index contributed by atoms with van der Waals surface area (Å²) in [5.74, 6) is 0.842. The number of aliphatic hydroxyl groups excluding tert-OH is 1. The molecule has 0 aromatic heterocycles. The summed E-state index contributed by atoms with van der Waals surface area (Å²) in [4.78, 5) is 12.1. The van der Waals surface area contributed by atoms with Gasteiger partial charge in [0.2, 0.25) is 5.91 Å². The Kier molecular flexibility index (Phi) is 9.08. The van der Waals surface area contributed by atoms with E-state index < -0.39 is 6.10 Å². The van der Waals surface area contributed by atoms with Crippen LogP contribution in [0.25, 0.3) is 10.8 Å². The molecule has 3 rings (SSSR count). The number of nitrogens with one attached hydrogen (secondary N) is 2. The van der Waals surface area contributed by atoms with Crippen molar-refractivity contribution in [3.63, 3.8) is 0 Å². The molecule has 32 heavy (non-hydrogen) atoms. The van der Waals surface area contributed by atoms with Gasteiger partial charge in [0, 0.05) is 30.1 Å². The average molecular weight is 435 g/mol. The van der Waals surface area contributed by atoms with Crippen LogP contribution in [0.5, 0.6) is 5.75 Å². The second-order valence-corrected chi connectivity index (χ2v) is 8.41. The van der Waals surface area contributed by atoms with E-state index in [1.165, 1.54) is 5.56 Å². The van der Waals surface area contributed by atoms with Gasteiger partial charge < -0.3 is 20.5 Å². The molecule has 3 aromatic rings. The first kappa shape index (κ1) is 23.8. The first-order valence-corrected chi connectivity index (χ1v) is 11.4. The molecule has 0 heterocycles. The zero-order chi connectivity index (χ0) is 22.8. The Bertz CT molecular complexity index is 982. The molecule has 3 aromatic carbocycles. The van der Waals surface area contributed by atoms with Crippen LogP contribution in [-0.2, 0) is 4.79 Å². The molecule has 0 saturated heterocycles. The van der Waals surface area contributed by atoms with Crippen LogP contribution >= 0.6 is 0 Å². The van der Waals surface area contributed by atoms with Crippen molar-refractivity contribution in [2.24, 2.45) is 0 Å². The van der Waals surface area contributed by atoms with Gasteiger partial charge >= 0.3 is 0 Å². The van der Waals surface area contributed by atoms with E-state index in [-0.39, 0.29) is 18.6 Å². The number of hydrogen-bond donors (Lipinski definition) is 3. The Morgan fingerprint density at radius 1 is 1.00 bits per heavy atom. The smallest absolute Gasteiger partial charge is 0.224 e. The van der Waals surface area contributed by atoms with Crippen LogP contribution in [0.4, 0.5) is 5.69 Å². The molecule has 0 aliphatic heterocycles. The third-order valence-electron chi connectivity index (χ3n) is 5.51. The van der Waals surface area contributed by atoms with E-state index in [0.29, 0.717) is 13.0 Å². The highest BCUT2D eigenvalue weighted by molar-refractivity contribution is 5.90. The summed E-state index contributed by atoms with van der Waals surface area (Å²) >= 11 is 0. The number of fused-ring (bicyclic) bond motifs is 1. The molecule has 1 amide bonds. The lowest BCUT2D eigenvalue weighted by Crippen LogP contribution is -2.36. The first-order chi connectivity index (χ1) is 15.5. The fourth-order valence-electron chi connectivity index (χ4n) is 3.60. The van der Waals surface area contributed by atoms with E-state index in [1.54, 1.807) is 0 Å². The molecule has 3 N–H and O–H groups in total. The van der Waals surface area contributed by atoms with Gasteiger partial charge in [0.15, 0.2) is 0 Å². The van der Waals surface area contributed by atoms with Gasteiger partial charge in [0.1, 0.15) is 18.5 Å². The second-order valence-electron chi connectivity index (χ2n) is 8.41. The van der Waals surface area contributed by atoms with E-state index >= 15 is 0 Å². The van der Waals surface area contributed by atoms with Crippen LogP contribution in [0.3, 0.4) is 0 Å². The maximum Gasteiger partial charge on any atom is 0.224 e. The Hall–Kier alpha value is -2.89. The molecule has 0 spiro atoms. The van der Waals surface area contributed by atoms with Gasteiger partial charge in [0.05, 0.1) is 0 Å². The molecule has 0 bridgehead atoms. The van der Waals surface area contributed by atoms with Crippen molar-refractivity contribution < 1.29 is 14.6 Å². The lowest BCUT2D eigenvalue weighted by Gasteiger charge is -2.18. The van der Waals surface area contributed by atoms with Crippen molar-refractivity contribution >= 4 is 22.4 Å². The quantitative estimate of drug-likeness (QED) is 0.348. The fraction of sp³-hybridized carbons (Fsp3) is 0.370. The Morgan fingerprint density at radius 3 is 2.56 bits per heavy atom. The van der Waals surface area contributed by atoms with E-state index in [9.17, 15) is 9.90 Å². The van der Waals surface area contributed by atoms with Crippen LogP contribution in [0.15, 0.2) is 66.7 Å². The summed E-state index contributed by atoms with van der Waals surface area (Å²) in [5.41, 5.74) is 2.02. The first-order valence-electron chi connectivity index (χ1n) is 11.4.